The second kappa shape index (κ2) is 15.9. The van der Waals surface area contributed by atoms with E-state index >= 15 is 0 Å². The normalized spacial score (nSPS) is 13.7. The van der Waals surface area contributed by atoms with Crippen LogP contribution in [0.3, 0.4) is 0 Å². The van der Waals surface area contributed by atoms with Crippen LogP contribution in [0, 0.1) is 23.7 Å². The zero-order chi connectivity index (χ0) is 19.9. The van der Waals surface area contributed by atoms with Crippen LogP contribution in [0.2, 0.25) is 0 Å². The van der Waals surface area contributed by atoms with Crippen molar-refractivity contribution in [3.8, 4) is 0 Å². The molecule has 0 aliphatic rings. The maximum Gasteiger partial charge on any atom is -0.00162 e. The number of rotatable bonds is 17. The van der Waals surface area contributed by atoms with E-state index in [1.54, 1.807) is 0 Å². The van der Waals surface area contributed by atoms with E-state index in [2.05, 4.69) is 65.3 Å². The Bertz CT molecular complexity index is 299. The van der Waals surface area contributed by atoms with Gasteiger partial charge in [-0.2, -0.15) is 0 Å². The molecule has 0 spiro atoms. The molecule has 0 aromatic carbocycles. The predicted molar refractivity (Wildman–Crippen MR) is 120 cm³/mol. The van der Waals surface area contributed by atoms with Crippen LogP contribution in [0.1, 0.15) is 93.4 Å². The first kappa shape index (κ1) is 25.9. The lowest BCUT2D eigenvalue weighted by Crippen LogP contribution is -2.29. The summed E-state index contributed by atoms with van der Waals surface area (Å²) in [5, 5.41) is 0. The van der Waals surface area contributed by atoms with Crippen LogP contribution in [-0.4, -0.2) is 49.6 Å². The Morgan fingerprint density at radius 3 is 1.58 bits per heavy atom. The van der Waals surface area contributed by atoms with Gasteiger partial charge in [0.25, 0.3) is 0 Å². The summed E-state index contributed by atoms with van der Waals surface area (Å²) >= 11 is 0. The summed E-state index contributed by atoms with van der Waals surface area (Å²) in [7, 11) is 2.29. The lowest BCUT2D eigenvalue weighted by Gasteiger charge is -2.25. The highest BCUT2D eigenvalue weighted by atomic mass is 15.1. The fraction of sp³-hybridized carbons (Fsp3) is 1.00. The third-order valence-electron chi connectivity index (χ3n) is 5.54. The van der Waals surface area contributed by atoms with Crippen LogP contribution in [0.4, 0.5) is 0 Å². The van der Waals surface area contributed by atoms with Gasteiger partial charge in [0.05, 0.1) is 0 Å². The van der Waals surface area contributed by atoms with Gasteiger partial charge >= 0.3 is 0 Å². The van der Waals surface area contributed by atoms with E-state index in [4.69, 9.17) is 0 Å². The van der Waals surface area contributed by atoms with E-state index in [-0.39, 0.29) is 0 Å². The van der Waals surface area contributed by atoms with Gasteiger partial charge in [-0.15, -0.1) is 0 Å². The Morgan fingerprint density at radius 1 is 0.500 bits per heavy atom. The van der Waals surface area contributed by atoms with E-state index in [0.29, 0.717) is 0 Å². The molecule has 2 heteroatoms. The van der Waals surface area contributed by atoms with Crippen molar-refractivity contribution >= 4 is 0 Å². The molecular formula is C24H52N2. The Kier molecular flexibility index (Phi) is 15.9. The van der Waals surface area contributed by atoms with Gasteiger partial charge in [-0.25, -0.2) is 0 Å². The molecule has 158 valence electrons. The SMILES string of the molecule is CC(C)CCCN(CCC(C)C)CCC(C)CCCN(C)CCC(C)C. The maximum absolute atomic E-state index is 2.74. The van der Waals surface area contributed by atoms with Crippen LogP contribution in [0.15, 0.2) is 0 Å². The Labute approximate surface area is 167 Å². The van der Waals surface area contributed by atoms with Crippen molar-refractivity contribution in [1.29, 1.82) is 0 Å². The monoisotopic (exact) mass is 368 g/mol. The van der Waals surface area contributed by atoms with E-state index in [0.717, 1.165) is 23.7 Å². The van der Waals surface area contributed by atoms with Gasteiger partial charge in [0.2, 0.25) is 0 Å². The zero-order valence-electron chi connectivity index (χ0n) is 19.7. The molecule has 1 atom stereocenters. The molecule has 0 rings (SSSR count). The van der Waals surface area contributed by atoms with Crippen molar-refractivity contribution in [1.82, 2.24) is 9.80 Å². The summed E-state index contributed by atoms with van der Waals surface area (Å²) in [6, 6.07) is 0. The summed E-state index contributed by atoms with van der Waals surface area (Å²) < 4.78 is 0. The molecule has 26 heavy (non-hydrogen) atoms. The fourth-order valence-corrected chi connectivity index (χ4v) is 3.35. The highest BCUT2D eigenvalue weighted by molar-refractivity contribution is 4.65. The van der Waals surface area contributed by atoms with Gasteiger partial charge in [-0.3, -0.25) is 0 Å². The van der Waals surface area contributed by atoms with Gasteiger partial charge in [0.15, 0.2) is 0 Å². The van der Waals surface area contributed by atoms with Gasteiger partial charge < -0.3 is 9.80 Å². The first-order valence-corrected chi connectivity index (χ1v) is 11.6. The summed E-state index contributed by atoms with van der Waals surface area (Å²) in [4.78, 5) is 5.27. The Morgan fingerprint density at radius 2 is 1.00 bits per heavy atom. The van der Waals surface area contributed by atoms with E-state index < -0.39 is 0 Å². The second-order valence-electron chi connectivity index (χ2n) is 10.1. The topological polar surface area (TPSA) is 6.48 Å². The van der Waals surface area contributed by atoms with E-state index in [9.17, 15) is 0 Å². The molecule has 0 fully saturated rings. The van der Waals surface area contributed by atoms with Crippen LogP contribution in [0.25, 0.3) is 0 Å². The van der Waals surface area contributed by atoms with E-state index in [1.165, 1.54) is 77.7 Å². The molecule has 0 aliphatic carbocycles. The number of nitrogens with zero attached hydrogens (tertiary/aromatic N) is 2. The first-order valence-electron chi connectivity index (χ1n) is 11.6. The van der Waals surface area contributed by atoms with Crippen LogP contribution in [0.5, 0.6) is 0 Å². The van der Waals surface area contributed by atoms with E-state index in [1.807, 2.05) is 0 Å². The van der Waals surface area contributed by atoms with Crippen molar-refractivity contribution in [2.75, 3.05) is 39.8 Å². The molecule has 0 aromatic rings. The van der Waals surface area contributed by atoms with Gasteiger partial charge in [0, 0.05) is 0 Å². The molecule has 0 radical (unpaired) electrons. The molecule has 0 heterocycles. The average molecular weight is 369 g/mol. The standard InChI is InChI=1S/C24H52N2/c1-21(2)11-9-17-26(19-14-23(5)6)20-15-24(7)12-10-16-25(8)18-13-22(3)4/h21-24H,9-20H2,1-8H3. The van der Waals surface area contributed by atoms with Crippen molar-refractivity contribution < 1.29 is 0 Å². The summed E-state index contributed by atoms with van der Waals surface area (Å²) in [6.45, 7) is 22.9. The highest BCUT2D eigenvalue weighted by Crippen LogP contribution is 2.14. The second-order valence-corrected chi connectivity index (χ2v) is 10.1. The third kappa shape index (κ3) is 17.3. The molecule has 0 N–H and O–H groups in total. The molecule has 0 aliphatic heterocycles. The maximum atomic E-state index is 2.74. The minimum absolute atomic E-state index is 0.821. The molecule has 0 amide bonds. The van der Waals surface area contributed by atoms with Crippen LogP contribution >= 0.6 is 0 Å². The summed E-state index contributed by atoms with van der Waals surface area (Å²) in [6.07, 6.45) is 9.52. The van der Waals surface area contributed by atoms with Gasteiger partial charge in [-0.05, 0) is 108 Å². The lowest BCUT2D eigenvalue weighted by atomic mass is 10.0. The van der Waals surface area contributed by atoms with Gasteiger partial charge in [0.1, 0.15) is 0 Å². The smallest absolute Gasteiger partial charge is 0.00162 e. The largest absolute Gasteiger partial charge is 0.306 e. The number of hydrogen-bond donors (Lipinski definition) is 0. The highest BCUT2D eigenvalue weighted by Gasteiger charge is 2.10. The van der Waals surface area contributed by atoms with Crippen LogP contribution < -0.4 is 0 Å². The molecule has 1 unspecified atom stereocenters. The summed E-state index contributed by atoms with van der Waals surface area (Å²) in [5.74, 6) is 3.35. The summed E-state index contributed by atoms with van der Waals surface area (Å²) in [5.41, 5.74) is 0. The Hall–Kier alpha value is -0.0800. The molecule has 2 nitrogen and oxygen atoms in total. The minimum atomic E-state index is 0.821. The quantitative estimate of drug-likeness (QED) is 0.287. The lowest BCUT2D eigenvalue weighted by molar-refractivity contribution is 0.227. The molecule has 0 aromatic heterocycles. The van der Waals surface area contributed by atoms with Crippen molar-refractivity contribution in [2.45, 2.75) is 93.4 Å². The Balaban J connectivity index is 3.99. The molecule has 0 saturated carbocycles. The minimum Gasteiger partial charge on any atom is -0.306 e. The predicted octanol–water partition coefficient (Wildman–Crippen LogP) is 6.56. The van der Waals surface area contributed by atoms with Crippen molar-refractivity contribution in [3.05, 3.63) is 0 Å². The molecule has 0 saturated heterocycles. The van der Waals surface area contributed by atoms with Gasteiger partial charge in [-0.1, -0.05) is 48.5 Å². The molecule has 0 bridgehead atoms. The third-order valence-corrected chi connectivity index (χ3v) is 5.54. The number of hydrogen-bond acceptors (Lipinski definition) is 2. The van der Waals surface area contributed by atoms with Crippen molar-refractivity contribution in [2.24, 2.45) is 23.7 Å². The first-order chi connectivity index (χ1) is 12.2. The average Bonchev–Trinajstić information content (AvgIpc) is 2.54. The molecular weight excluding hydrogens is 316 g/mol. The van der Waals surface area contributed by atoms with Crippen LogP contribution in [-0.2, 0) is 0 Å². The fourth-order valence-electron chi connectivity index (χ4n) is 3.35. The zero-order valence-corrected chi connectivity index (χ0v) is 19.7. The van der Waals surface area contributed by atoms with Crippen molar-refractivity contribution in [3.63, 3.8) is 0 Å².